The number of H-pyrrole nitrogens is 1. The number of allylic oxidation sites excluding steroid dienone is 4. The fourth-order valence-electron chi connectivity index (χ4n) is 4.16. The van der Waals surface area contributed by atoms with Gasteiger partial charge in [0.1, 0.15) is 0 Å². The molecule has 1 N–H and O–H groups in total. The molecule has 26 heavy (non-hydrogen) atoms. The summed E-state index contributed by atoms with van der Waals surface area (Å²) >= 11 is 0. The van der Waals surface area contributed by atoms with Gasteiger partial charge in [-0.25, -0.2) is 0 Å². The van der Waals surface area contributed by atoms with E-state index in [1.54, 1.807) is 0 Å². The summed E-state index contributed by atoms with van der Waals surface area (Å²) in [5.41, 5.74) is 5.45. The molecule has 1 atom stereocenters. The van der Waals surface area contributed by atoms with Crippen LogP contribution in [-0.2, 0) is 4.79 Å². The van der Waals surface area contributed by atoms with Crippen molar-refractivity contribution in [2.45, 2.75) is 20.3 Å². The van der Waals surface area contributed by atoms with Crippen LogP contribution in [0, 0.1) is 19.8 Å². The van der Waals surface area contributed by atoms with Gasteiger partial charge in [-0.05, 0) is 51.1 Å². The Morgan fingerprint density at radius 2 is 2.00 bits per heavy atom. The highest BCUT2D eigenvalue weighted by Gasteiger charge is 2.40. The number of aromatic nitrogens is 1. The number of hydrogen-bond acceptors (Lipinski definition) is 3. The molecule has 138 valence electrons. The van der Waals surface area contributed by atoms with Gasteiger partial charge < -0.3 is 9.88 Å². The van der Waals surface area contributed by atoms with E-state index in [0.717, 1.165) is 55.3 Å². The Kier molecular flexibility index (Phi) is 4.59. The molecule has 2 saturated heterocycles. The lowest BCUT2D eigenvalue weighted by Crippen LogP contribution is -2.48. The first kappa shape index (κ1) is 17.3. The molecule has 2 fully saturated rings. The van der Waals surface area contributed by atoms with Gasteiger partial charge in [0, 0.05) is 54.8 Å². The molecule has 0 aromatic carbocycles. The van der Waals surface area contributed by atoms with E-state index in [1.807, 2.05) is 4.90 Å². The predicted octanol–water partition coefficient (Wildman–Crippen LogP) is 2.52. The minimum absolute atomic E-state index is 0.163. The number of likely N-dealkylation sites (tertiary alicyclic amines) is 1. The number of rotatable bonds is 3. The smallest absolute Gasteiger partial charge is 0.255 e. The number of aromatic amines is 1. The monoisotopic (exact) mass is 352 g/mol. The summed E-state index contributed by atoms with van der Waals surface area (Å²) in [6, 6.07) is 2.13. The van der Waals surface area contributed by atoms with Gasteiger partial charge in [-0.3, -0.25) is 14.6 Å². The maximum absolute atomic E-state index is 13.3. The number of hydrogen-bond donors (Lipinski definition) is 1. The average molecular weight is 352 g/mol. The first-order chi connectivity index (χ1) is 12.5. The fraction of sp³-hybridized carbons (Fsp3) is 0.476. The summed E-state index contributed by atoms with van der Waals surface area (Å²) in [6.07, 6.45) is 9.36. The second kappa shape index (κ2) is 6.89. The number of carbonyl (C=O) groups excluding carboxylic acids is 1. The molecule has 0 bridgehead atoms. The van der Waals surface area contributed by atoms with Crippen LogP contribution in [0.2, 0.25) is 0 Å². The van der Waals surface area contributed by atoms with E-state index >= 15 is 0 Å². The molecule has 1 aliphatic carbocycles. The molecule has 1 aromatic rings. The van der Waals surface area contributed by atoms with Gasteiger partial charge in [0.25, 0.3) is 5.91 Å². The molecular weight excluding hydrogens is 324 g/mol. The van der Waals surface area contributed by atoms with Crippen molar-refractivity contribution in [3.8, 4) is 0 Å². The third-order valence-corrected chi connectivity index (χ3v) is 5.74. The van der Waals surface area contributed by atoms with Gasteiger partial charge in [-0.15, -0.1) is 0 Å². The van der Waals surface area contributed by atoms with Gasteiger partial charge >= 0.3 is 0 Å². The Bertz CT molecular complexity index is 793. The molecule has 3 heterocycles. The summed E-state index contributed by atoms with van der Waals surface area (Å²) < 4.78 is 0. The van der Waals surface area contributed by atoms with Gasteiger partial charge in [0.15, 0.2) is 0 Å². The number of fused-ring (bicyclic) bond motifs is 1. The maximum atomic E-state index is 13.3. The van der Waals surface area contributed by atoms with Gasteiger partial charge in [-0.2, -0.15) is 0 Å². The second-order valence-electron chi connectivity index (χ2n) is 7.75. The van der Waals surface area contributed by atoms with Crippen molar-refractivity contribution in [2.75, 3.05) is 39.9 Å². The summed E-state index contributed by atoms with van der Waals surface area (Å²) in [6.45, 7) is 9.00. The number of amides is 1. The molecule has 2 aliphatic heterocycles. The number of carbonyl (C=O) groups is 1. The van der Waals surface area contributed by atoms with E-state index in [2.05, 4.69) is 66.0 Å². The molecule has 0 spiro atoms. The summed E-state index contributed by atoms with van der Waals surface area (Å²) in [5, 5.41) is 0. The molecule has 3 aliphatic rings. The summed E-state index contributed by atoms with van der Waals surface area (Å²) in [5.74, 6) is 0.346. The van der Waals surface area contributed by atoms with Crippen LogP contribution < -0.4 is 0 Å². The largest absolute Gasteiger partial charge is 0.359 e. The fourth-order valence-corrected chi connectivity index (χ4v) is 4.16. The number of nitrogens with zero attached hydrogens (tertiary/aromatic N) is 3. The van der Waals surface area contributed by atoms with Crippen LogP contribution in [0.25, 0.3) is 6.08 Å². The standard InChI is InChI=1S/C21H28N4O/c1-15-12-16(2)22-19(15)13-18-17-6-4-5-7-20(17)25(21(18)26)14-24-10-8-23(3)9-11-24/h4-5,7,12-13,17,22H,6,8-11,14H2,1-3H3. The molecular formula is C21H28N4O. The Balaban J connectivity index is 1.61. The zero-order valence-electron chi connectivity index (χ0n) is 16.0. The molecule has 5 heteroatoms. The third-order valence-electron chi connectivity index (χ3n) is 5.74. The van der Waals surface area contributed by atoms with Crippen molar-refractivity contribution in [1.82, 2.24) is 19.7 Å². The van der Waals surface area contributed by atoms with E-state index < -0.39 is 0 Å². The van der Waals surface area contributed by atoms with Crippen LogP contribution in [0.4, 0.5) is 0 Å². The Labute approximate surface area is 155 Å². The zero-order chi connectivity index (χ0) is 18.3. The number of likely N-dealkylation sites (N-methyl/N-ethyl adjacent to an activating group) is 1. The highest BCUT2D eigenvalue weighted by Crippen LogP contribution is 2.39. The molecule has 1 unspecified atom stereocenters. The van der Waals surface area contributed by atoms with Crippen molar-refractivity contribution in [3.05, 3.63) is 52.5 Å². The van der Waals surface area contributed by atoms with E-state index in [9.17, 15) is 4.79 Å². The highest BCUT2D eigenvalue weighted by atomic mass is 16.2. The summed E-state index contributed by atoms with van der Waals surface area (Å²) in [4.78, 5) is 23.4. The highest BCUT2D eigenvalue weighted by molar-refractivity contribution is 6.03. The molecule has 5 nitrogen and oxygen atoms in total. The first-order valence-corrected chi connectivity index (χ1v) is 9.50. The maximum Gasteiger partial charge on any atom is 0.255 e. The number of aryl methyl sites for hydroxylation is 2. The normalized spacial score (nSPS) is 25.9. The summed E-state index contributed by atoms with van der Waals surface area (Å²) in [7, 11) is 2.16. The minimum atomic E-state index is 0.163. The van der Waals surface area contributed by atoms with Crippen molar-refractivity contribution < 1.29 is 4.79 Å². The molecule has 1 amide bonds. The van der Waals surface area contributed by atoms with E-state index in [4.69, 9.17) is 0 Å². The molecule has 0 saturated carbocycles. The predicted molar refractivity (Wildman–Crippen MR) is 104 cm³/mol. The zero-order valence-corrected chi connectivity index (χ0v) is 16.0. The van der Waals surface area contributed by atoms with Crippen LogP contribution in [0.3, 0.4) is 0 Å². The van der Waals surface area contributed by atoms with Crippen molar-refractivity contribution in [2.24, 2.45) is 5.92 Å². The number of piperazine rings is 1. The van der Waals surface area contributed by atoms with E-state index in [-0.39, 0.29) is 11.8 Å². The molecule has 4 rings (SSSR count). The van der Waals surface area contributed by atoms with Crippen LogP contribution in [0.15, 0.2) is 35.6 Å². The van der Waals surface area contributed by atoms with Crippen molar-refractivity contribution >= 4 is 12.0 Å². The van der Waals surface area contributed by atoms with Crippen LogP contribution in [0.1, 0.15) is 23.4 Å². The van der Waals surface area contributed by atoms with Gasteiger partial charge in [-0.1, -0.05) is 12.2 Å². The van der Waals surface area contributed by atoms with Crippen LogP contribution >= 0.6 is 0 Å². The van der Waals surface area contributed by atoms with Crippen LogP contribution in [0.5, 0.6) is 0 Å². The van der Waals surface area contributed by atoms with E-state index in [1.165, 1.54) is 5.56 Å². The molecule has 0 radical (unpaired) electrons. The third kappa shape index (κ3) is 3.17. The molecule has 1 aromatic heterocycles. The lowest BCUT2D eigenvalue weighted by Gasteiger charge is -2.35. The van der Waals surface area contributed by atoms with Crippen molar-refractivity contribution in [1.29, 1.82) is 0 Å². The quantitative estimate of drug-likeness (QED) is 0.850. The van der Waals surface area contributed by atoms with Crippen LogP contribution in [-0.4, -0.2) is 65.5 Å². The van der Waals surface area contributed by atoms with Gasteiger partial charge in [0.2, 0.25) is 0 Å². The van der Waals surface area contributed by atoms with Crippen molar-refractivity contribution in [3.63, 3.8) is 0 Å². The Morgan fingerprint density at radius 3 is 2.69 bits per heavy atom. The van der Waals surface area contributed by atoms with Gasteiger partial charge in [0.05, 0.1) is 6.67 Å². The second-order valence-corrected chi connectivity index (χ2v) is 7.75. The topological polar surface area (TPSA) is 42.6 Å². The average Bonchev–Trinajstić information content (AvgIpc) is 3.08. The minimum Gasteiger partial charge on any atom is -0.359 e. The Morgan fingerprint density at radius 1 is 1.23 bits per heavy atom. The first-order valence-electron chi connectivity index (χ1n) is 9.50. The SMILES string of the molecule is Cc1cc(C)c(C=C2C(=O)N(CN3CCN(C)CC3)C3=CC=CCC23)[nH]1. The van der Waals surface area contributed by atoms with E-state index in [0.29, 0.717) is 6.67 Å². The number of nitrogens with one attached hydrogen (secondary N) is 1. The lowest BCUT2D eigenvalue weighted by atomic mass is 9.91. The lowest BCUT2D eigenvalue weighted by molar-refractivity contribution is -0.125. The Hall–Kier alpha value is -2.11.